The molecule has 1 heterocycles. The Morgan fingerprint density at radius 2 is 1.75 bits per heavy atom. The molecule has 32 heavy (non-hydrogen) atoms. The normalized spacial score (nSPS) is 25.5. The molecule has 1 fully saturated rings. The molecule has 3 aromatic rings. The number of hydrogen-bond acceptors (Lipinski definition) is 5. The van der Waals surface area contributed by atoms with Crippen LogP contribution < -0.4 is 4.74 Å². The van der Waals surface area contributed by atoms with Gasteiger partial charge in [0.15, 0.2) is 11.2 Å². The van der Waals surface area contributed by atoms with E-state index in [2.05, 4.69) is 0 Å². The fourth-order valence-electron chi connectivity index (χ4n) is 5.58. The van der Waals surface area contributed by atoms with Gasteiger partial charge >= 0.3 is 11.9 Å². The van der Waals surface area contributed by atoms with Crippen molar-refractivity contribution in [1.82, 2.24) is 0 Å². The number of rotatable bonds is 5. The molecule has 1 aliphatic carbocycles. The van der Waals surface area contributed by atoms with Gasteiger partial charge in [-0.1, -0.05) is 48.9 Å². The SMILES string of the molecule is CCOC(=O)[C@]12C(=O)Oc3ccc4ccccc4c3[C@@H]1[C@]2(CC)C(=O)c1ccc(Cl)cc1. The number of halogens is 1. The number of ketones is 1. The van der Waals surface area contributed by atoms with E-state index in [1.165, 1.54) is 0 Å². The van der Waals surface area contributed by atoms with E-state index in [4.69, 9.17) is 21.1 Å². The van der Waals surface area contributed by atoms with Gasteiger partial charge in [0.05, 0.1) is 12.0 Å². The maximum absolute atomic E-state index is 14.0. The third-order valence-electron chi connectivity index (χ3n) is 6.96. The number of esters is 2. The van der Waals surface area contributed by atoms with Gasteiger partial charge in [-0.15, -0.1) is 0 Å². The predicted octanol–water partition coefficient (Wildman–Crippen LogP) is 5.34. The maximum Gasteiger partial charge on any atom is 0.330 e. The van der Waals surface area contributed by atoms with E-state index in [1.54, 1.807) is 37.3 Å². The minimum Gasteiger partial charge on any atom is -0.465 e. The van der Waals surface area contributed by atoms with Crippen LogP contribution in [0.15, 0.2) is 60.7 Å². The minimum absolute atomic E-state index is 0.0951. The highest BCUT2D eigenvalue weighted by Crippen LogP contribution is 2.80. The topological polar surface area (TPSA) is 69.7 Å². The van der Waals surface area contributed by atoms with Crippen LogP contribution in [0.5, 0.6) is 5.75 Å². The lowest BCUT2D eigenvalue weighted by Crippen LogP contribution is -2.40. The van der Waals surface area contributed by atoms with Crippen molar-refractivity contribution in [1.29, 1.82) is 0 Å². The molecular formula is C26H21ClO5. The van der Waals surface area contributed by atoms with Crippen molar-refractivity contribution >= 4 is 40.1 Å². The highest BCUT2D eigenvalue weighted by molar-refractivity contribution is 6.30. The van der Waals surface area contributed by atoms with Gasteiger partial charge in [-0.25, -0.2) is 0 Å². The number of benzene rings is 3. The molecule has 0 radical (unpaired) electrons. The summed E-state index contributed by atoms with van der Waals surface area (Å²) in [6.45, 7) is 3.60. The Kier molecular flexibility index (Phi) is 4.64. The molecule has 6 heteroatoms. The number of carbonyl (C=O) groups excluding carboxylic acids is 3. The van der Waals surface area contributed by atoms with Crippen LogP contribution in [0.2, 0.25) is 5.02 Å². The first-order valence-electron chi connectivity index (χ1n) is 10.6. The van der Waals surface area contributed by atoms with Crippen LogP contribution in [-0.4, -0.2) is 24.3 Å². The van der Waals surface area contributed by atoms with Crippen molar-refractivity contribution in [3.63, 3.8) is 0 Å². The van der Waals surface area contributed by atoms with Crippen LogP contribution in [0.25, 0.3) is 10.8 Å². The first-order valence-corrected chi connectivity index (χ1v) is 11.0. The van der Waals surface area contributed by atoms with Gasteiger partial charge in [0.1, 0.15) is 5.75 Å². The van der Waals surface area contributed by atoms with E-state index < -0.39 is 28.7 Å². The van der Waals surface area contributed by atoms with Gasteiger partial charge in [-0.3, -0.25) is 14.4 Å². The van der Waals surface area contributed by atoms with Gasteiger partial charge in [0.2, 0.25) is 0 Å². The highest BCUT2D eigenvalue weighted by Gasteiger charge is 2.90. The van der Waals surface area contributed by atoms with Crippen LogP contribution in [0.3, 0.4) is 0 Å². The minimum atomic E-state index is -1.72. The van der Waals surface area contributed by atoms with Crippen molar-refractivity contribution < 1.29 is 23.9 Å². The molecule has 0 saturated heterocycles. The van der Waals surface area contributed by atoms with Crippen LogP contribution >= 0.6 is 11.6 Å². The van der Waals surface area contributed by atoms with Crippen molar-refractivity contribution in [3.05, 3.63) is 76.8 Å². The Hall–Kier alpha value is -3.18. The lowest BCUT2D eigenvalue weighted by molar-refractivity contribution is -0.162. The van der Waals surface area contributed by atoms with Crippen LogP contribution in [0.1, 0.15) is 42.1 Å². The molecule has 3 aromatic carbocycles. The van der Waals surface area contributed by atoms with Gasteiger partial charge in [0, 0.05) is 22.1 Å². The lowest BCUT2D eigenvalue weighted by Gasteiger charge is -2.23. The summed E-state index contributed by atoms with van der Waals surface area (Å²) >= 11 is 6.02. The summed E-state index contributed by atoms with van der Waals surface area (Å²) in [5.41, 5.74) is -1.92. The standard InChI is InChI=1S/C26H21ClO5/c1-3-25(22(28)16-9-12-17(27)13-10-16)21-20-18-8-6-5-7-15(18)11-14-19(20)32-24(30)26(21,25)23(29)31-4-2/h5-14,21H,3-4H2,1-2H3/t21-,25-,26+/m1/s1. The van der Waals surface area contributed by atoms with Crippen LogP contribution in [-0.2, 0) is 14.3 Å². The van der Waals surface area contributed by atoms with E-state index in [0.717, 1.165) is 10.8 Å². The van der Waals surface area contributed by atoms with Gasteiger partial charge in [-0.05, 0) is 54.4 Å². The molecule has 3 atom stereocenters. The van der Waals surface area contributed by atoms with E-state index in [0.29, 0.717) is 21.9 Å². The molecule has 0 bridgehead atoms. The van der Waals surface area contributed by atoms with E-state index in [1.807, 2.05) is 37.3 Å². The van der Waals surface area contributed by atoms with Crippen molar-refractivity contribution in [2.75, 3.05) is 6.61 Å². The summed E-state index contributed by atoms with van der Waals surface area (Å²) in [7, 11) is 0. The van der Waals surface area contributed by atoms with Gasteiger partial charge < -0.3 is 9.47 Å². The zero-order valence-corrected chi connectivity index (χ0v) is 18.4. The Morgan fingerprint density at radius 1 is 1.03 bits per heavy atom. The van der Waals surface area contributed by atoms with Crippen LogP contribution in [0.4, 0.5) is 0 Å². The Bertz CT molecular complexity index is 1280. The molecule has 2 aliphatic rings. The summed E-state index contributed by atoms with van der Waals surface area (Å²) < 4.78 is 11.1. The fourth-order valence-corrected chi connectivity index (χ4v) is 5.71. The quantitative estimate of drug-likeness (QED) is 0.228. The zero-order chi connectivity index (χ0) is 22.7. The average molecular weight is 449 g/mol. The highest BCUT2D eigenvalue weighted by atomic mass is 35.5. The molecular weight excluding hydrogens is 428 g/mol. The van der Waals surface area contributed by atoms with E-state index in [9.17, 15) is 14.4 Å². The van der Waals surface area contributed by atoms with Crippen molar-refractivity contribution in [2.45, 2.75) is 26.2 Å². The van der Waals surface area contributed by atoms with Crippen molar-refractivity contribution in [2.24, 2.45) is 10.8 Å². The zero-order valence-electron chi connectivity index (χ0n) is 17.7. The van der Waals surface area contributed by atoms with Crippen LogP contribution in [0, 0.1) is 10.8 Å². The van der Waals surface area contributed by atoms with Gasteiger partial charge in [0.25, 0.3) is 0 Å². The number of hydrogen-bond donors (Lipinski definition) is 0. The molecule has 162 valence electrons. The van der Waals surface area contributed by atoms with Gasteiger partial charge in [-0.2, -0.15) is 0 Å². The maximum atomic E-state index is 14.0. The summed E-state index contributed by atoms with van der Waals surface area (Å²) in [6.07, 6.45) is 0.274. The first-order chi connectivity index (χ1) is 15.4. The smallest absolute Gasteiger partial charge is 0.330 e. The third kappa shape index (κ3) is 2.43. The van der Waals surface area contributed by atoms with Crippen molar-refractivity contribution in [3.8, 4) is 5.75 Å². The molecule has 0 spiro atoms. The average Bonchev–Trinajstić information content (AvgIpc) is 3.45. The molecule has 0 amide bonds. The number of carbonyl (C=O) groups is 3. The number of Topliss-reactive ketones (excluding diaryl/α,β-unsaturated/α-hetero) is 1. The predicted molar refractivity (Wildman–Crippen MR) is 120 cm³/mol. The lowest BCUT2D eigenvalue weighted by atomic mass is 9.83. The van der Waals surface area contributed by atoms with E-state index in [-0.39, 0.29) is 18.8 Å². The summed E-state index contributed by atoms with van der Waals surface area (Å²) in [5.74, 6) is -2.01. The second kappa shape index (κ2) is 7.17. The molecule has 0 aromatic heterocycles. The second-order valence-electron chi connectivity index (χ2n) is 8.21. The molecule has 0 N–H and O–H groups in total. The first kappa shape index (κ1) is 20.7. The molecule has 5 rings (SSSR count). The second-order valence-corrected chi connectivity index (χ2v) is 8.65. The summed E-state index contributed by atoms with van der Waals surface area (Å²) in [4.78, 5) is 40.8. The Labute approximate surface area is 190 Å². The largest absolute Gasteiger partial charge is 0.465 e. The summed E-state index contributed by atoms with van der Waals surface area (Å²) in [6, 6.07) is 17.8. The third-order valence-corrected chi connectivity index (χ3v) is 7.21. The monoisotopic (exact) mass is 448 g/mol. The molecule has 5 nitrogen and oxygen atoms in total. The summed E-state index contributed by atoms with van der Waals surface area (Å²) in [5, 5.41) is 2.30. The fraction of sp³-hybridized carbons (Fsp3) is 0.269. The van der Waals surface area contributed by atoms with E-state index >= 15 is 0 Å². The number of fused-ring (bicyclic) bond motifs is 5. The number of ether oxygens (including phenoxy) is 2. The Balaban J connectivity index is 1.79. The molecule has 0 unspecified atom stereocenters. The Morgan fingerprint density at radius 3 is 2.44 bits per heavy atom. The molecule has 1 saturated carbocycles. The molecule has 1 aliphatic heterocycles.